The van der Waals surface area contributed by atoms with Gasteiger partial charge in [-0.15, -0.1) is 0 Å². The quantitative estimate of drug-likeness (QED) is 0.615. The Morgan fingerprint density at radius 2 is 2.29 bits per heavy atom. The average molecular weight is 194 g/mol. The standard InChI is InChI=1S/C8H10N4O2/c9-7(13)5-11-8(14)12-6-2-1-3-10-4-6/h1-4H,5H2,(H2,9,13)(H2,11,12,14). The third-order valence-corrected chi connectivity index (χ3v) is 1.34. The maximum absolute atomic E-state index is 11.1. The highest BCUT2D eigenvalue weighted by molar-refractivity contribution is 5.91. The van der Waals surface area contributed by atoms with Gasteiger partial charge in [-0.3, -0.25) is 9.78 Å². The summed E-state index contributed by atoms with van der Waals surface area (Å²) >= 11 is 0. The molecule has 0 aliphatic rings. The van der Waals surface area contributed by atoms with Crippen LogP contribution in [0.1, 0.15) is 0 Å². The Kier molecular flexibility index (Phi) is 3.42. The van der Waals surface area contributed by atoms with Gasteiger partial charge in [0.05, 0.1) is 18.4 Å². The second kappa shape index (κ2) is 4.80. The molecule has 0 aromatic carbocycles. The summed E-state index contributed by atoms with van der Waals surface area (Å²) in [6.07, 6.45) is 3.08. The molecule has 74 valence electrons. The first kappa shape index (κ1) is 9.97. The van der Waals surface area contributed by atoms with Gasteiger partial charge in [-0.2, -0.15) is 0 Å². The number of aromatic nitrogens is 1. The van der Waals surface area contributed by atoms with Crippen molar-refractivity contribution in [2.75, 3.05) is 11.9 Å². The fourth-order valence-electron chi connectivity index (χ4n) is 0.779. The van der Waals surface area contributed by atoms with Crippen molar-refractivity contribution in [3.05, 3.63) is 24.5 Å². The monoisotopic (exact) mass is 194 g/mol. The predicted molar refractivity (Wildman–Crippen MR) is 50.5 cm³/mol. The van der Waals surface area contributed by atoms with Gasteiger partial charge in [0.15, 0.2) is 0 Å². The number of hydrogen-bond acceptors (Lipinski definition) is 3. The van der Waals surface area contributed by atoms with E-state index in [1.807, 2.05) is 0 Å². The molecule has 0 aliphatic carbocycles. The molecule has 0 saturated heterocycles. The first-order valence-corrected chi connectivity index (χ1v) is 3.91. The lowest BCUT2D eigenvalue weighted by molar-refractivity contribution is -0.117. The zero-order chi connectivity index (χ0) is 10.4. The van der Waals surface area contributed by atoms with E-state index in [1.165, 1.54) is 6.20 Å². The maximum Gasteiger partial charge on any atom is 0.319 e. The summed E-state index contributed by atoms with van der Waals surface area (Å²) in [5.74, 6) is -0.591. The van der Waals surface area contributed by atoms with E-state index >= 15 is 0 Å². The molecule has 6 nitrogen and oxygen atoms in total. The minimum absolute atomic E-state index is 0.188. The Hall–Kier alpha value is -2.11. The molecule has 1 rings (SSSR count). The van der Waals surface area contributed by atoms with Crippen LogP contribution in [0.3, 0.4) is 0 Å². The predicted octanol–water partition coefficient (Wildman–Crippen LogP) is -0.312. The number of nitrogens with two attached hydrogens (primary N) is 1. The third-order valence-electron chi connectivity index (χ3n) is 1.34. The van der Waals surface area contributed by atoms with Crippen LogP contribution in [0.25, 0.3) is 0 Å². The normalized spacial score (nSPS) is 9.14. The van der Waals surface area contributed by atoms with Gasteiger partial charge in [0.1, 0.15) is 0 Å². The van der Waals surface area contributed by atoms with Crippen LogP contribution in [0.5, 0.6) is 0 Å². The number of nitrogens with zero attached hydrogens (tertiary/aromatic N) is 1. The van der Waals surface area contributed by atoms with Crippen LogP contribution in [-0.2, 0) is 4.79 Å². The van der Waals surface area contributed by atoms with Gasteiger partial charge in [-0.25, -0.2) is 4.79 Å². The van der Waals surface area contributed by atoms with Gasteiger partial charge in [-0.1, -0.05) is 0 Å². The molecule has 0 aliphatic heterocycles. The van der Waals surface area contributed by atoms with Crippen LogP contribution < -0.4 is 16.4 Å². The largest absolute Gasteiger partial charge is 0.368 e. The van der Waals surface area contributed by atoms with Gasteiger partial charge >= 0.3 is 6.03 Å². The average Bonchev–Trinajstić information content (AvgIpc) is 2.16. The van der Waals surface area contributed by atoms with Crippen LogP contribution in [-0.4, -0.2) is 23.5 Å². The van der Waals surface area contributed by atoms with Gasteiger partial charge in [-0.05, 0) is 12.1 Å². The summed E-state index contributed by atoms with van der Waals surface area (Å²) in [5.41, 5.74) is 5.39. The van der Waals surface area contributed by atoms with Crippen LogP contribution in [0.2, 0.25) is 0 Å². The molecule has 3 amide bonds. The molecule has 0 unspecified atom stereocenters. The Bertz CT molecular complexity index is 325. The SMILES string of the molecule is NC(=O)CNC(=O)Nc1cccnc1. The molecule has 1 aromatic heterocycles. The fraction of sp³-hybridized carbons (Fsp3) is 0.125. The Balaban J connectivity index is 2.38. The number of carbonyl (C=O) groups excluding carboxylic acids is 2. The van der Waals surface area contributed by atoms with Crippen molar-refractivity contribution in [3.63, 3.8) is 0 Å². The van der Waals surface area contributed by atoms with Crippen molar-refractivity contribution in [2.45, 2.75) is 0 Å². The Labute approximate surface area is 80.5 Å². The van der Waals surface area contributed by atoms with E-state index in [4.69, 9.17) is 5.73 Å². The van der Waals surface area contributed by atoms with E-state index in [9.17, 15) is 9.59 Å². The van der Waals surface area contributed by atoms with E-state index in [0.717, 1.165) is 0 Å². The van der Waals surface area contributed by atoms with E-state index in [-0.39, 0.29) is 6.54 Å². The van der Waals surface area contributed by atoms with Gasteiger partial charge in [0, 0.05) is 6.20 Å². The lowest BCUT2D eigenvalue weighted by atomic mass is 10.4. The van der Waals surface area contributed by atoms with Crippen molar-refractivity contribution < 1.29 is 9.59 Å². The van der Waals surface area contributed by atoms with E-state index in [1.54, 1.807) is 18.3 Å². The molecule has 6 heteroatoms. The van der Waals surface area contributed by atoms with Crippen LogP contribution in [0.4, 0.5) is 10.5 Å². The smallest absolute Gasteiger partial charge is 0.319 e. The number of anilines is 1. The van der Waals surface area contributed by atoms with E-state index < -0.39 is 11.9 Å². The second-order valence-corrected chi connectivity index (χ2v) is 2.52. The molecule has 0 atom stereocenters. The summed E-state index contributed by atoms with van der Waals surface area (Å²) in [6, 6.07) is 2.87. The molecular weight excluding hydrogens is 184 g/mol. The Morgan fingerprint density at radius 1 is 1.50 bits per heavy atom. The van der Waals surface area contributed by atoms with Gasteiger partial charge in [0.25, 0.3) is 0 Å². The topological polar surface area (TPSA) is 97.1 Å². The number of hydrogen-bond donors (Lipinski definition) is 3. The molecule has 0 bridgehead atoms. The Morgan fingerprint density at radius 3 is 2.86 bits per heavy atom. The minimum atomic E-state index is -0.591. The number of primary amides is 1. The lowest BCUT2D eigenvalue weighted by Gasteiger charge is -2.04. The number of pyridine rings is 1. The van der Waals surface area contributed by atoms with Gasteiger partial charge in [0.2, 0.25) is 5.91 Å². The molecule has 0 radical (unpaired) electrons. The highest BCUT2D eigenvalue weighted by Gasteiger charge is 2.01. The zero-order valence-electron chi connectivity index (χ0n) is 7.36. The molecule has 1 aromatic rings. The number of carbonyl (C=O) groups is 2. The molecule has 14 heavy (non-hydrogen) atoms. The summed E-state index contributed by atoms with van der Waals surface area (Å²) in [7, 11) is 0. The first-order valence-electron chi connectivity index (χ1n) is 3.91. The molecule has 0 spiro atoms. The van der Waals surface area contributed by atoms with Crippen molar-refractivity contribution in [3.8, 4) is 0 Å². The summed E-state index contributed by atoms with van der Waals surface area (Å²) in [6.45, 7) is -0.188. The molecule has 0 fully saturated rings. The maximum atomic E-state index is 11.1. The van der Waals surface area contributed by atoms with Crippen molar-refractivity contribution >= 4 is 17.6 Å². The zero-order valence-corrected chi connectivity index (χ0v) is 7.36. The highest BCUT2D eigenvalue weighted by atomic mass is 16.2. The first-order chi connectivity index (χ1) is 6.68. The summed E-state index contributed by atoms with van der Waals surface area (Å²) in [4.78, 5) is 25.2. The van der Waals surface area contributed by atoms with Crippen molar-refractivity contribution in [1.82, 2.24) is 10.3 Å². The summed E-state index contributed by atoms with van der Waals surface area (Å²) < 4.78 is 0. The molecule has 4 N–H and O–H groups in total. The number of rotatable bonds is 3. The van der Waals surface area contributed by atoms with Crippen molar-refractivity contribution in [1.29, 1.82) is 0 Å². The minimum Gasteiger partial charge on any atom is -0.368 e. The van der Waals surface area contributed by atoms with Crippen molar-refractivity contribution in [2.24, 2.45) is 5.73 Å². The van der Waals surface area contributed by atoms with Crippen LogP contribution >= 0.6 is 0 Å². The molecule has 0 saturated carbocycles. The third kappa shape index (κ3) is 3.53. The molecular formula is C8H10N4O2. The second-order valence-electron chi connectivity index (χ2n) is 2.52. The van der Waals surface area contributed by atoms with Gasteiger partial charge < -0.3 is 16.4 Å². The lowest BCUT2D eigenvalue weighted by Crippen LogP contribution is -2.36. The van der Waals surface area contributed by atoms with E-state index in [0.29, 0.717) is 5.69 Å². The number of urea groups is 1. The fourth-order valence-corrected chi connectivity index (χ4v) is 0.779. The molecule has 1 heterocycles. The van der Waals surface area contributed by atoms with E-state index in [2.05, 4.69) is 15.6 Å². The number of nitrogens with one attached hydrogen (secondary N) is 2. The highest BCUT2D eigenvalue weighted by Crippen LogP contribution is 2.01. The number of amides is 3. The van der Waals surface area contributed by atoms with Crippen LogP contribution in [0.15, 0.2) is 24.5 Å². The van der Waals surface area contributed by atoms with Crippen LogP contribution in [0, 0.1) is 0 Å². The summed E-state index contributed by atoms with van der Waals surface area (Å²) in [5, 5.41) is 4.76.